The number of benzene rings is 1. The van der Waals surface area contributed by atoms with Crippen molar-refractivity contribution in [1.29, 1.82) is 0 Å². The van der Waals surface area contributed by atoms with Crippen LogP contribution in [0.5, 0.6) is 0 Å². The Balaban J connectivity index is 2.60. The number of hydrogen-bond donors (Lipinski definition) is 0. The van der Waals surface area contributed by atoms with Crippen molar-refractivity contribution in [1.82, 2.24) is 0 Å². The number of hydrogen-bond acceptors (Lipinski definition) is 1. The largest absolute Gasteiger partial charge is 0.464 e. The molecule has 0 saturated heterocycles. The van der Waals surface area contributed by atoms with Gasteiger partial charge >= 0.3 is 0 Å². The van der Waals surface area contributed by atoms with Crippen molar-refractivity contribution in [3.8, 4) is 11.3 Å². The third-order valence-corrected chi connectivity index (χ3v) is 2.72. The molecule has 0 aliphatic carbocycles. The summed E-state index contributed by atoms with van der Waals surface area (Å²) in [5, 5.41) is 0.452. The average Bonchev–Trinajstić information content (AvgIpc) is 2.64. The second-order valence-corrected chi connectivity index (χ2v) is 3.99. The third-order valence-electron chi connectivity index (χ3n) is 1.80. The predicted molar refractivity (Wildman–Crippen MR) is 56.8 cm³/mol. The zero-order valence-corrected chi connectivity index (χ0v) is 9.27. The second-order valence-electron chi connectivity index (χ2n) is 2.72. The maximum Gasteiger partial charge on any atom is 0.138 e. The van der Waals surface area contributed by atoms with Gasteiger partial charge in [-0.2, -0.15) is 0 Å². The molecule has 4 heteroatoms. The molecule has 1 aromatic heterocycles. The average molecular weight is 276 g/mol. The van der Waals surface area contributed by atoms with E-state index in [1.165, 1.54) is 18.4 Å². The van der Waals surface area contributed by atoms with Crippen LogP contribution in [0.3, 0.4) is 0 Å². The van der Waals surface area contributed by atoms with Gasteiger partial charge in [0.05, 0.1) is 15.8 Å². The van der Waals surface area contributed by atoms with Crippen LogP contribution < -0.4 is 0 Å². The molecular weight excluding hydrogens is 270 g/mol. The number of halogens is 3. The first kappa shape index (κ1) is 9.74. The van der Waals surface area contributed by atoms with Crippen molar-refractivity contribution in [3.63, 3.8) is 0 Å². The predicted octanol–water partition coefficient (Wildman–Crippen LogP) is 4.50. The molecule has 0 bridgehead atoms. The van der Waals surface area contributed by atoms with E-state index in [1.54, 1.807) is 12.1 Å². The first-order valence-corrected chi connectivity index (χ1v) is 5.04. The Labute approximate surface area is 93.6 Å². The molecule has 1 nitrogen and oxygen atoms in total. The lowest BCUT2D eigenvalue weighted by molar-refractivity contribution is 0.579. The van der Waals surface area contributed by atoms with Gasteiger partial charge in [0.1, 0.15) is 11.6 Å². The van der Waals surface area contributed by atoms with Gasteiger partial charge in [-0.1, -0.05) is 11.6 Å². The summed E-state index contributed by atoms with van der Waals surface area (Å²) in [6, 6.07) is 6.31. The molecule has 1 heterocycles. The van der Waals surface area contributed by atoms with Crippen LogP contribution in [0.25, 0.3) is 11.3 Å². The summed E-state index contributed by atoms with van der Waals surface area (Å²) < 4.78 is 18.7. The van der Waals surface area contributed by atoms with Gasteiger partial charge in [0, 0.05) is 5.56 Å². The fraction of sp³-hybridized carbons (Fsp3) is 0. The summed E-state index contributed by atoms with van der Waals surface area (Å²) >= 11 is 8.99. The van der Waals surface area contributed by atoms with Gasteiger partial charge in [0.2, 0.25) is 0 Å². The molecule has 0 unspecified atom stereocenters. The Morgan fingerprint density at radius 2 is 2.14 bits per heavy atom. The van der Waals surface area contributed by atoms with Crippen molar-refractivity contribution < 1.29 is 8.81 Å². The summed E-state index contributed by atoms with van der Waals surface area (Å²) in [6.45, 7) is 0. The Morgan fingerprint density at radius 3 is 2.79 bits per heavy atom. The quantitative estimate of drug-likeness (QED) is 0.698. The van der Waals surface area contributed by atoms with Crippen LogP contribution >= 0.6 is 27.5 Å². The van der Waals surface area contributed by atoms with E-state index in [0.29, 0.717) is 20.8 Å². The van der Waals surface area contributed by atoms with Crippen molar-refractivity contribution in [2.24, 2.45) is 0 Å². The van der Waals surface area contributed by atoms with E-state index in [1.807, 2.05) is 0 Å². The molecule has 0 aliphatic rings. The molecule has 0 amide bonds. The highest BCUT2D eigenvalue weighted by Crippen LogP contribution is 2.32. The lowest BCUT2D eigenvalue weighted by Crippen LogP contribution is -1.82. The highest BCUT2D eigenvalue weighted by atomic mass is 79.9. The van der Waals surface area contributed by atoms with E-state index < -0.39 is 0 Å². The highest BCUT2D eigenvalue weighted by Gasteiger charge is 2.10. The van der Waals surface area contributed by atoms with Gasteiger partial charge in [0.25, 0.3) is 0 Å². The van der Waals surface area contributed by atoms with Crippen LogP contribution in [0, 0.1) is 5.82 Å². The van der Waals surface area contributed by atoms with E-state index >= 15 is 0 Å². The molecule has 1 aromatic carbocycles. The smallest absolute Gasteiger partial charge is 0.138 e. The van der Waals surface area contributed by atoms with Gasteiger partial charge in [-0.25, -0.2) is 4.39 Å². The Morgan fingerprint density at radius 1 is 1.36 bits per heavy atom. The van der Waals surface area contributed by atoms with Crippen molar-refractivity contribution in [2.75, 3.05) is 0 Å². The Kier molecular flexibility index (Phi) is 2.61. The first-order valence-electron chi connectivity index (χ1n) is 3.87. The van der Waals surface area contributed by atoms with Gasteiger partial charge < -0.3 is 4.42 Å². The first-order chi connectivity index (χ1) is 6.68. The minimum atomic E-state index is -0.360. The summed E-state index contributed by atoms with van der Waals surface area (Å²) in [7, 11) is 0. The Bertz CT molecular complexity index is 453. The molecule has 0 radical (unpaired) electrons. The van der Waals surface area contributed by atoms with Gasteiger partial charge in [-0.05, 0) is 40.2 Å². The number of rotatable bonds is 1. The molecule has 0 N–H and O–H groups in total. The molecule has 2 rings (SSSR count). The molecule has 0 atom stereocenters. The summed E-state index contributed by atoms with van der Waals surface area (Å²) in [5.41, 5.74) is 0.553. The monoisotopic (exact) mass is 274 g/mol. The van der Waals surface area contributed by atoms with Gasteiger partial charge in [-0.15, -0.1) is 0 Å². The van der Waals surface area contributed by atoms with E-state index in [9.17, 15) is 4.39 Å². The maximum absolute atomic E-state index is 13.2. The van der Waals surface area contributed by atoms with Crippen molar-refractivity contribution in [2.45, 2.75) is 0 Å². The van der Waals surface area contributed by atoms with Crippen LogP contribution in [0.2, 0.25) is 5.02 Å². The molecule has 0 fully saturated rings. The SMILES string of the molecule is Fc1cc(-c2ccco2)c(Cl)cc1Br. The van der Waals surface area contributed by atoms with Gasteiger partial charge in [0.15, 0.2) is 0 Å². The topological polar surface area (TPSA) is 13.1 Å². The fourth-order valence-corrected chi connectivity index (χ4v) is 1.88. The molecule has 14 heavy (non-hydrogen) atoms. The van der Waals surface area contributed by atoms with Crippen molar-refractivity contribution in [3.05, 3.63) is 45.8 Å². The van der Waals surface area contributed by atoms with E-state index in [4.69, 9.17) is 16.0 Å². The Hall–Kier alpha value is -0.800. The second kappa shape index (κ2) is 3.75. The zero-order chi connectivity index (χ0) is 10.1. The summed E-state index contributed by atoms with van der Waals surface area (Å²) in [4.78, 5) is 0. The lowest BCUT2D eigenvalue weighted by atomic mass is 10.2. The zero-order valence-electron chi connectivity index (χ0n) is 6.93. The molecular formula is C10H5BrClFO. The van der Waals surface area contributed by atoms with E-state index in [2.05, 4.69) is 15.9 Å². The molecule has 0 spiro atoms. The van der Waals surface area contributed by atoms with Gasteiger partial charge in [-0.3, -0.25) is 0 Å². The molecule has 72 valence electrons. The van der Waals surface area contributed by atoms with Crippen LogP contribution in [-0.4, -0.2) is 0 Å². The normalized spacial score (nSPS) is 10.5. The van der Waals surface area contributed by atoms with Crippen LogP contribution in [0.15, 0.2) is 39.4 Å². The summed E-state index contributed by atoms with van der Waals surface area (Å²) in [5.74, 6) is 0.196. The lowest BCUT2D eigenvalue weighted by Gasteiger charge is -2.02. The summed E-state index contributed by atoms with van der Waals surface area (Å²) in [6.07, 6.45) is 1.52. The minimum absolute atomic E-state index is 0.345. The van der Waals surface area contributed by atoms with Crippen molar-refractivity contribution >= 4 is 27.5 Å². The molecule has 2 aromatic rings. The fourth-order valence-electron chi connectivity index (χ4n) is 1.14. The van der Waals surface area contributed by atoms with Crippen LogP contribution in [0.4, 0.5) is 4.39 Å². The van der Waals surface area contributed by atoms with E-state index in [-0.39, 0.29) is 5.82 Å². The van der Waals surface area contributed by atoms with E-state index in [0.717, 1.165) is 0 Å². The maximum atomic E-state index is 13.2. The van der Waals surface area contributed by atoms with Crippen LogP contribution in [0.1, 0.15) is 0 Å². The highest BCUT2D eigenvalue weighted by molar-refractivity contribution is 9.10. The number of furan rings is 1. The van der Waals surface area contributed by atoms with Crippen LogP contribution in [-0.2, 0) is 0 Å². The third kappa shape index (κ3) is 1.70. The molecule has 0 saturated carbocycles. The standard InChI is InChI=1S/C10H5BrClFO/c11-7-5-8(12)6(4-9(7)13)10-2-1-3-14-10/h1-5H. The molecule has 0 aliphatic heterocycles. The minimum Gasteiger partial charge on any atom is -0.464 e.